The van der Waals surface area contributed by atoms with E-state index in [0.717, 1.165) is 32.4 Å². The summed E-state index contributed by atoms with van der Waals surface area (Å²) in [7, 11) is 0. The predicted molar refractivity (Wildman–Crippen MR) is 120 cm³/mol. The molecule has 1 saturated heterocycles. The van der Waals surface area contributed by atoms with Crippen LogP contribution in [0.3, 0.4) is 0 Å². The first-order valence-corrected chi connectivity index (χ1v) is 10.6. The molecule has 30 heavy (non-hydrogen) atoms. The number of anilines is 2. The number of esters is 1. The Morgan fingerprint density at radius 3 is 2.60 bits per heavy atom. The van der Waals surface area contributed by atoms with Crippen molar-refractivity contribution in [2.24, 2.45) is 5.92 Å². The summed E-state index contributed by atoms with van der Waals surface area (Å²) in [6.45, 7) is 7.63. The average Bonchev–Trinajstić information content (AvgIpc) is 3.10. The zero-order valence-electron chi connectivity index (χ0n) is 17.5. The quantitative estimate of drug-likeness (QED) is 0.660. The van der Waals surface area contributed by atoms with Crippen LogP contribution >= 0.6 is 15.9 Å². The second-order valence-corrected chi connectivity index (χ2v) is 8.55. The standard InChI is InChI=1S/C23H25BrN2O4/c1-13-5-6-14(2)20(9-13)26-11-17(10-22(26)28)23(29)30-12-21(27)25-19-8-7-18(24)15(3)16(19)4/h5-9,17H,10-12H2,1-4H3,(H,25,27)/t17-/m0/s1. The van der Waals surface area contributed by atoms with Gasteiger partial charge >= 0.3 is 5.97 Å². The summed E-state index contributed by atoms with van der Waals surface area (Å²) in [6, 6.07) is 9.54. The van der Waals surface area contributed by atoms with E-state index in [9.17, 15) is 14.4 Å². The molecule has 7 heteroatoms. The zero-order chi connectivity index (χ0) is 22.0. The van der Waals surface area contributed by atoms with E-state index in [0.29, 0.717) is 5.69 Å². The lowest BCUT2D eigenvalue weighted by Crippen LogP contribution is -2.28. The van der Waals surface area contributed by atoms with Crippen molar-refractivity contribution < 1.29 is 19.1 Å². The van der Waals surface area contributed by atoms with Gasteiger partial charge in [0.2, 0.25) is 5.91 Å². The van der Waals surface area contributed by atoms with Crippen molar-refractivity contribution in [2.75, 3.05) is 23.4 Å². The van der Waals surface area contributed by atoms with Crippen molar-refractivity contribution in [3.63, 3.8) is 0 Å². The molecule has 1 aliphatic rings. The van der Waals surface area contributed by atoms with Crippen LogP contribution in [0.2, 0.25) is 0 Å². The van der Waals surface area contributed by atoms with Crippen molar-refractivity contribution in [1.29, 1.82) is 0 Å². The van der Waals surface area contributed by atoms with Gasteiger partial charge in [-0.05, 0) is 68.1 Å². The Morgan fingerprint density at radius 1 is 1.13 bits per heavy atom. The zero-order valence-corrected chi connectivity index (χ0v) is 19.1. The average molecular weight is 473 g/mol. The SMILES string of the molecule is Cc1ccc(C)c(N2C[C@@H](C(=O)OCC(=O)Nc3ccc(Br)c(C)c3C)CC2=O)c1. The van der Waals surface area contributed by atoms with Crippen molar-refractivity contribution in [3.8, 4) is 0 Å². The van der Waals surface area contributed by atoms with Crippen LogP contribution in [0.25, 0.3) is 0 Å². The van der Waals surface area contributed by atoms with E-state index < -0.39 is 17.8 Å². The van der Waals surface area contributed by atoms with E-state index in [1.54, 1.807) is 11.0 Å². The summed E-state index contributed by atoms with van der Waals surface area (Å²) in [6.07, 6.45) is 0.0822. The van der Waals surface area contributed by atoms with Gasteiger partial charge in [0, 0.05) is 28.8 Å². The third kappa shape index (κ3) is 4.73. The molecule has 1 aliphatic heterocycles. The normalized spacial score (nSPS) is 16.0. The molecule has 0 bridgehead atoms. The van der Waals surface area contributed by atoms with Gasteiger partial charge in [0.05, 0.1) is 5.92 Å². The number of carbonyl (C=O) groups is 3. The summed E-state index contributed by atoms with van der Waals surface area (Å²) in [4.78, 5) is 38.8. The molecule has 2 amide bonds. The summed E-state index contributed by atoms with van der Waals surface area (Å²) >= 11 is 3.46. The number of nitrogens with zero attached hydrogens (tertiary/aromatic N) is 1. The van der Waals surface area contributed by atoms with Gasteiger partial charge in [0.1, 0.15) is 0 Å². The fraction of sp³-hybridized carbons (Fsp3) is 0.348. The molecule has 1 atom stereocenters. The van der Waals surface area contributed by atoms with E-state index in [-0.39, 0.29) is 25.5 Å². The Labute approximate surface area is 184 Å². The Bertz CT molecular complexity index is 1020. The lowest BCUT2D eigenvalue weighted by atomic mass is 10.1. The van der Waals surface area contributed by atoms with Crippen LogP contribution in [-0.4, -0.2) is 30.9 Å². The number of benzene rings is 2. The summed E-state index contributed by atoms with van der Waals surface area (Å²) in [5, 5.41) is 2.77. The summed E-state index contributed by atoms with van der Waals surface area (Å²) < 4.78 is 6.16. The molecular formula is C23H25BrN2O4. The van der Waals surface area contributed by atoms with Crippen LogP contribution in [0.15, 0.2) is 34.8 Å². The van der Waals surface area contributed by atoms with Crippen molar-refractivity contribution in [3.05, 3.63) is 57.1 Å². The number of nitrogens with one attached hydrogen (secondary N) is 1. The smallest absolute Gasteiger partial charge is 0.311 e. The fourth-order valence-corrected chi connectivity index (χ4v) is 3.90. The third-order valence-electron chi connectivity index (χ3n) is 5.45. The highest BCUT2D eigenvalue weighted by atomic mass is 79.9. The fourth-order valence-electron chi connectivity index (χ4n) is 3.47. The van der Waals surface area contributed by atoms with Crippen LogP contribution < -0.4 is 10.2 Å². The second-order valence-electron chi connectivity index (χ2n) is 7.70. The van der Waals surface area contributed by atoms with E-state index in [1.807, 2.05) is 52.0 Å². The van der Waals surface area contributed by atoms with Gasteiger partial charge in [-0.2, -0.15) is 0 Å². The highest BCUT2D eigenvalue weighted by Crippen LogP contribution is 2.29. The van der Waals surface area contributed by atoms with Crippen molar-refractivity contribution in [1.82, 2.24) is 0 Å². The first kappa shape index (κ1) is 22.0. The molecule has 1 N–H and O–H groups in total. The van der Waals surface area contributed by atoms with Gasteiger partial charge in [0.15, 0.2) is 6.61 Å². The summed E-state index contributed by atoms with van der Waals surface area (Å²) in [5.41, 5.74) is 5.48. The maximum Gasteiger partial charge on any atom is 0.311 e. The molecule has 0 aromatic heterocycles. The molecular weight excluding hydrogens is 448 g/mol. The van der Waals surface area contributed by atoms with E-state index >= 15 is 0 Å². The lowest BCUT2D eigenvalue weighted by molar-refractivity contribution is -0.151. The van der Waals surface area contributed by atoms with E-state index in [2.05, 4.69) is 21.2 Å². The molecule has 0 aliphatic carbocycles. The van der Waals surface area contributed by atoms with Gasteiger partial charge < -0.3 is 15.0 Å². The first-order valence-electron chi connectivity index (χ1n) is 9.77. The van der Waals surface area contributed by atoms with Crippen LogP contribution in [0.4, 0.5) is 11.4 Å². The second kappa shape index (κ2) is 9.00. The van der Waals surface area contributed by atoms with Crippen LogP contribution in [0.5, 0.6) is 0 Å². The molecule has 1 heterocycles. The minimum atomic E-state index is -0.582. The van der Waals surface area contributed by atoms with Crippen molar-refractivity contribution >= 4 is 45.1 Å². The van der Waals surface area contributed by atoms with Crippen molar-refractivity contribution in [2.45, 2.75) is 34.1 Å². The Kier molecular flexibility index (Phi) is 6.61. The molecule has 0 unspecified atom stereocenters. The van der Waals surface area contributed by atoms with Gasteiger partial charge in [-0.25, -0.2) is 0 Å². The Morgan fingerprint density at radius 2 is 1.87 bits per heavy atom. The number of carbonyl (C=O) groups excluding carboxylic acids is 3. The highest BCUT2D eigenvalue weighted by molar-refractivity contribution is 9.10. The number of rotatable bonds is 5. The maximum absolute atomic E-state index is 12.5. The Balaban J connectivity index is 1.58. The molecule has 158 valence electrons. The number of hydrogen-bond acceptors (Lipinski definition) is 4. The Hall–Kier alpha value is -2.67. The maximum atomic E-state index is 12.5. The number of amides is 2. The van der Waals surface area contributed by atoms with E-state index in [4.69, 9.17) is 4.74 Å². The van der Waals surface area contributed by atoms with Crippen LogP contribution in [0, 0.1) is 33.6 Å². The molecule has 0 spiro atoms. The number of aryl methyl sites for hydroxylation is 2. The molecule has 2 aromatic rings. The van der Waals surface area contributed by atoms with Gasteiger partial charge in [0.25, 0.3) is 5.91 Å². The minimum absolute atomic E-state index is 0.0822. The van der Waals surface area contributed by atoms with Crippen LogP contribution in [0.1, 0.15) is 28.7 Å². The van der Waals surface area contributed by atoms with Crippen LogP contribution in [-0.2, 0) is 19.1 Å². The molecule has 6 nitrogen and oxygen atoms in total. The molecule has 0 radical (unpaired) electrons. The molecule has 3 rings (SSSR count). The number of hydrogen-bond donors (Lipinski definition) is 1. The monoisotopic (exact) mass is 472 g/mol. The third-order valence-corrected chi connectivity index (χ3v) is 6.31. The molecule has 2 aromatic carbocycles. The van der Waals surface area contributed by atoms with Gasteiger partial charge in [-0.1, -0.05) is 28.1 Å². The highest BCUT2D eigenvalue weighted by Gasteiger charge is 2.37. The summed E-state index contributed by atoms with van der Waals surface area (Å²) in [5.74, 6) is -1.64. The predicted octanol–water partition coefficient (Wildman–Crippen LogP) is 4.22. The van der Waals surface area contributed by atoms with E-state index in [1.165, 1.54) is 0 Å². The largest absolute Gasteiger partial charge is 0.455 e. The minimum Gasteiger partial charge on any atom is -0.455 e. The van der Waals surface area contributed by atoms with Gasteiger partial charge in [-0.15, -0.1) is 0 Å². The number of halogens is 1. The molecule has 1 fully saturated rings. The molecule has 0 saturated carbocycles. The first-order chi connectivity index (χ1) is 14.2. The van der Waals surface area contributed by atoms with Gasteiger partial charge in [-0.3, -0.25) is 14.4 Å². The topological polar surface area (TPSA) is 75.7 Å². The lowest BCUT2D eigenvalue weighted by Gasteiger charge is -2.19. The number of ether oxygens (including phenoxy) is 1.